The lowest BCUT2D eigenvalue weighted by Crippen LogP contribution is -1.97. The third kappa shape index (κ3) is 2.29. The Morgan fingerprint density at radius 3 is 2.90 bits per heavy atom. The van der Waals surface area contributed by atoms with Gasteiger partial charge in [0.25, 0.3) is 0 Å². The van der Waals surface area contributed by atoms with Crippen molar-refractivity contribution in [3.63, 3.8) is 0 Å². The van der Waals surface area contributed by atoms with E-state index in [1.54, 1.807) is 6.20 Å². The fourth-order valence-electron chi connectivity index (χ4n) is 2.78. The van der Waals surface area contributed by atoms with Crippen LogP contribution in [0.5, 0.6) is 0 Å². The summed E-state index contributed by atoms with van der Waals surface area (Å²) in [5.74, 6) is 0.561. The quantitative estimate of drug-likeness (QED) is 0.797. The van der Waals surface area contributed by atoms with Crippen LogP contribution in [-0.2, 0) is 0 Å². The van der Waals surface area contributed by atoms with E-state index in [-0.39, 0.29) is 6.61 Å². The number of aromatic nitrogens is 4. The van der Waals surface area contributed by atoms with E-state index in [1.165, 1.54) is 0 Å². The van der Waals surface area contributed by atoms with Crippen molar-refractivity contribution in [1.82, 2.24) is 19.7 Å². The summed E-state index contributed by atoms with van der Waals surface area (Å²) in [5.41, 5.74) is 3.63. The average Bonchev–Trinajstić information content (AvgIpc) is 3.11. The summed E-state index contributed by atoms with van der Waals surface area (Å²) in [4.78, 5) is 9.08. The van der Waals surface area contributed by atoms with Crippen LogP contribution in [0.25, 0.3) is 22.3 Å². The Morgan fingerprint density at radius 2 is 2.05 bits per heavy atom. The van der Waals surface area contributed by atoms with E-state index in [2.05, 4.69) is 15.1 Å². The van der Waals surface area contributed by atoms with Crippen molar-refractivity contribution in [3.05, 3.63) is 42.9 Å². The normalized spacial score (nSPS) is 20.8. The molecule has 0 spiro atoms. The summed E-state index contributed by atoms with van der Waals surface area (Å²) in [6.07, 6.45) is 7.62. The number of rotatable bonds is 4. The standard InChI is InChI=1S/C16H16N4O/c21-6-5-11-7-16(11)20-10-12(8-18-20)15-9-17-13-3-1-2-4-14(13)19-15/h1-4,8-11,16,21H,5-7H2. The predicted molar refractivity (Wildman–Crippen MR) is 79.6 cm³/mol. The SMILES string of the molecule is OCCC1CC1n1cc(-c2cnc3ccccc3n2)cn1. The molecule has 2 aromatic heterocycles. The minimum atomic E-state index is 0.255. The number of benzene rings is 1. The molecule has 0 amide bonds. The minimum absolute atomic E-state index is 0.255. The smallest absolute Gasteiger partial charge is 0.0924 e. The van der Waals surface area contributed by atoms with E-state index in [0.717, 1.165) is 35.1 Å². The number of para-hydroxylation sites is 2. The van der Waals surface area contributed by atoms with Gasteiger partial charge in [-0.3, -0.25) is 9.67 Å². The first-order valence-electron chi connectivity index (χ1n) is 7.22. The Kier molecular flexibility index (Phi) is 2.93. The van der Waals surface area contributed by atoms with Crippen molar-refractivity contribution in [1.29, 1.82) is 0 Å². The van der Waals surface area contributed by atoms with Crippen molar-refractivity contribution in [3.8, 4) is 11.3 Å². The molecule has 0 saturated heterocycles. The Balaban J connectivity index is 1.62. The van der Waals surface area contributed by atoms with Gasteiger partial charge in [-0.2, -0.15) is 5.10 Å². The van der Waals surface area contributed by atoms with Crippen molar-refractivity contribution >= 4 is 11.0 Å². The van der Waals surface area contributed by atoms with Gasteiger partial charge in [-0.15, -0.1) is 0 Å². The lowest BCUT2D eigenvalue weighted by atomic mass is 10.2. The highest BCUT2D eigenvalue weighted by Gasteiger charge is 2.38. The topological polar surface area (TPSA) is 63.8 Å². The summed E-state index contributed by atoms with van der Waals surface area (Å²) in [6, 6.07) is 8.28. The molecule has 3 aromatic rings. The van der Waals surface area contributed by atoms with Crippen molar-refractivity contribution in [2.24, 2.45) is 5.92 Å². The van der Waals surface area contributed by atoms with Crippen molar-refractivity contribution < 1.29 is 5.11 Å². The predicted octanol–water partition coefficient (Wildman–Crippen LogP) is 2.44. The first-order valence-corrected chi connectivity index (χ1v) is 7.22. The Morgan fingerprint density at radius 1 is 1.19 bits per heavy atom. The summed E-state index contributed by atoms with van der Waals surface area (Å²) < 4.78 is 1.99. The van der Waals surface area contributed by atoms with E-state index >= 15 is 0 Å². The largest absolute Gasteiger partial charge is 0.396 e. The van der Waals surface area contributed by atoms with Crippen LogP contribution in [0.4, 0.5) is 0 Å². The lowest BCUT2D eigenvalue weighted by Gasteiger charge is -2.00. The molecule has 106 valence electrons. The zero-order valence-electron chi connectivity index (χ0n) is 11.6. The zero-order chi connectivity index (χ0) is 14.2. The second kappa shape index (κ2) is 4.93. The number of aliphatic hydroxyl groups excluding tert-OH is 1. The fourth-order valence-corrected chi connectivity index (χ4v) is 2.78. The molecular formula is C16H16N4O. The molecule has 0 bridgehead atoms. The van der Waals surface area contributed by atoms with Gasteiger partial charge in [-0.25, -0.2) is 4.98 Å². The van der Waals surface area contributed by atoms with Crippen LogP contribution >= 0.6 is 0 Å². The van der Waals surface area contributed by atoms with E-state index in [1.807, 2.05) is 41.3 Å². The highest BCUT2D eigenvalue weighted by Crippen LogP contribution is 2.45. The number of fused-ring (bicyclic) bond motifs is 1. The average molecular weight is 280 g/mol. The maximum absolute atomic E-state index is 8.98. The van der Waals surface area contributed by atoms with Crippen LogP contribution < -0.4 is 0 Å². The van der Waals surface area contributed by atoms with Gasteiger partial charge in [0.15, 0.2) is 0 Å². The van der Waals surface area contributed by atoms with Crippen molar-refractivity contribution in [2.75, 3.05) is 6.61 Å². The van der Waals surface area contributed by atoms with Crippen LogP contribution in [0.3, 0.4) is 0 Å². The molecule has 0 radical (unpaired) electrons. The van der Waals surface area contributed by atoms with Crippen LogP contribution in [0.2, 0.25) is 0 Å². The molecule has 5 heteroatoms. The molecule has 21 heavy (non-hydrogen) atoms. The summed E-state index contributed by atoms with van der Waals surface area (Å²) in [5, 5.41) is 13.4. The van der Waals surface area contributed by atoms with Crippen LogP contribution in [0, 0.1) is 5.92 Å². The molecule has 1 fully saturated rings. The maximum atomic E-state index is 8.98. The zero-order valence-corrected chi connectivity index (χ0v) is 11.6. The molecule has 2 atom stereocenters. The Labute approximate surface area is 122 Å². The van der Waals surface area contributed by atoms with Gasteiger partial charge in [0.1, 0.15) is 0 Å². The molecule has 1 saturated carbocycles. The summed E-state index contributed by atoms with van der Waals surface area (Å²) >= 11 is 0. The fraction of sp³-hybridized carbons (Fsp3) is 0.312. The Bertz CT molecular complexity index is 783. The minimum Gasteiger partial charge on any atom is -0.396 e. The van der Waals surface area contributed by atoms with Crippen LogP contribution in [0.1, 0.15) is 18.9 Å². The second-order valence-corrected chi connectivity index (χ2v) is 5.53. The molecule has 1 aliphatic rings. The van der Waals surface area contributed by atoms with Gasteiger partial charge in [0.2, 0.25) is 0 Å². The number of nitrogens with zero attached hydrogens (tertiary/aromatic N) is 4. The van der Waals surface area contributed by atoms with Crippen LogP contribution in [-0.4, -0.2) is 31.5 Å². The van der Waals surface area contributed by atoms with E-state index < -0.39 is 0 Å². The Hall–Kier alpha value is -2.27. The maximum Gasteiger partial charge on any atom is 0.0924 e. The van der Waals surface area contributed by atoms with Gasteiger partial charge in [-0.05, 0) is 30.9 Å². The van der Waals surface area contributed by atoms with E-state index in [4.69, 9.17) is 5.11 Å². The molecule has 1 N–H and O–H groups in total. The summed E-state index contributed by atoms with van der Waals surface area (Å²) in [7, 11) is 0. The van der Waals surface area contributed by atoms with Gasteiger partial charge < -0.3 is 5.11 Å². The molecule has 2 heterocycles. The van der Waals surface area contributed by atoms with Gasteiger partial charge >= 0.3 is 0 Å². The van der Waals surface area contributed by atoms with Gasteiger partial charge in [0.05, 0.1) is 35.2 Å². The third-order valence-electron chi connectivity index (χ3n) is 4.07. The lowest BCUT2D eigenvalue weighted by molar-refractivity contribution is 0.276. The molecule has 4 rings (SSSR count). The van der Waals surface area contributed by atoms with Crippen molar-refractivity contribution in [2.45, 2.75) is 18.9 Å². The molecule has 1 aliphatic carbocycles. The van der Waals surface area contributed by atoms with Gasteiger partial charge in [0, 0.05) is 18.4 Å². The monoisotopic (exact) mass is 280 g/mol. The number of hydrogen-bond acceptors (Lipinski definition) is 4. The number of aliphatic hydroxyl groups is 1. The van der Waals surface area contributed by atoms with E-state index in [9.17, 15) is 0 Å². The van der Waals surface area contributed by atoms with Crippen LogP contribution in [0.15, 0.2) is 42.9 Å². The molecular weight excluding hydrogens is 264 g/mol. The molecule has 2 unspecified atom stereocenters. The molecule has 5 nitrogen and oxygen atoms in total. The first-order chi connectivity index (χ1) is 10.3. The second-order valence-electron chi connectivity index (χ2n) is 5.53. The third-order valence-corrected chi connectivity index (χ3v) is 4.07. The molecule has 0 aliphatic heterocycles. The highest BCUT2D eigenvalue weighted by molar-refractivity contribution is 5.76. The van der Waals surface area contributed by atoms with Gasteiger partial charge in [-0.1, -0.05) is 12.1 Å². The van der Waals surface area contributed by atoms with E-state index in [0.29, 0.717) is 12.0 Å². The summed E-state index contributed by atoms with van der Waals surface area (Å²) in [6.45, 7) is 0.255. The highest BCUT2D eigenvalue weighted by atomic mass is 16.3. The number of hydrogen-bond donors (Lipinski definition) is 1. The molecule has 1 aromatic carbocycles. The first kappa shape index (κ1) is 12.5.